The summed E-state index contributed by atoms with van der Waals surface area (Å²) in [5.74, 6) is -1.13. The SMILES string of the molecule is C[C@H](O)[C@H](C(=O)O)n1cnc(-c2ccccc2)c1-c1cnc[nH]1. The van der Waals surface area contributed by atoms with Gasteiger partial charge >= 0.3 is 5.97 Å². The van der Waals surface area contributed by atoms with Gasteiger partial charge in [0.1, 0.15) is 0 Å². The van der Waals surface area contributed by atoms with Crippen LogP contribution in [0.2, 0.25) is 0 Å². The van der Waals surface area contributed by atoms with Gasteiger partial charge in [-0.2, -0.15) is 0 Å². The van der Waals surface area contributed by atoms with E-state index < -0.39 is 18.1 Å². The molecule has 2 aromatic heterocycles. The van der Waals surface area contributed by atoms with Crippen LogP contribution in [0.5, 0.6) is 0 Å². The first-order valence-corrected chi connectivity index (χ1v) is 7.11. The number of nitrogens with one attached hydrogen (secondary N) is 1. The summed E-state index contributed by atoms with van der Waals surface area (Å²) in [6.07, 6.45) is 3.47. The number of aliphatic hydroxyl groups excluding tert-OH is 1. The van der Waals surface area contributed by atoms with Crippen molar-refractivity contribution in [1.82, 2.24) is 19.5 Å². The van der Waals surface area contributed by atoms with Gasteiger partial charge in [-0.05, 0) is 6.92 Å². The quantitative estimate of drug-likeness (QED) is 0.668. The third-order valence-corrected chi connectivity index (χ3v) is 3.60. The Morgan fingerprint density at radius 2 is 2.04 bits per heavy atom. The van der Waals surface area contributed by atoms with E-state index in [2.05, 4.69) is 15.0 Å². The number of nitrogens with zero attached hydrogens (tertiary/aromatic N) is 3. The predicted molar refractivity (Wildman–Crippen MR) is 83.6 cm³/mol. The second-order valence-corrected chi connectivity index (χ2v) is 5.20. The normalized spacial score (nSPS) is 13.7. The summed E-state index contributed by atoms with van der Waals surface area (Å²) in [4.78, 5) is 22.9. The van der Waals surface area contributed by atoms with Crippen molar-refractivity contribution in [1.29, 1.82) is 0 Å². The lowest BCUT2D eigenvalue weighted by Crippen LogP contribution is -2.29. The fourth-order valence-corrected chi connectivity index (χ4v) is 2.59. The zero-order chi connectivity index (χ0) is 16.4. The van der Waals surface area contributed by atoms with Crippen molar-refractivity contribution in [3.8, 4) is 22.6 Å². The molecule has 118 valence electrons. The maximum atomic E-state index is 11.6. The van der Waals surface area contributed by atoms with Crippen LogP contribution in [0, 0.1) is 0 Å². The molecule has 0 spiro atoms. The molecular formula is C16H16N4O3. The summed E-state index contributed by atoms with van der Waals surface area (Å²) in [6.45, 7) is 1.44. The van der Waals surface area contributed by atoms with Gasteiger partial charge in [-0.25, -0.2) is 14.8 Å². The molecule has 2 atom stereocenters. The van der Waals surface area contributed by atoms with Crippen molar-refractivity contribution in [2.45, 2.75) is 19.1 Å². The number of imidazole rings is 2. The largest absolute Gasteiger partial charge is 0.480 e. The second kappa shape index (κ2) is 6.05. The Morgan fingerprint density at radius 1 is 1.30 bits per heavy atom. The van der Waals surface area contributed by atoms with Crippen LogP contribution in [-0.4, -0.2) is 41.8 Å². The average Bonchev–Trinajstić information content (AvgIpc) is 3.16. The third kappa shape index (κ3) is 2.74. The summed E-state index contributed by atoms with van der Waals surface area (Å²) < 4.78 is 1.46. The van der Waals surface area contributed by atoms with Gasteiger partial charge in [-0.1, -0.05) is 30.3 Å². The molecule has 0 saturated heterocycles. The van der Waals surface area contributed by atoms with Crippen LogP contribution in [0.1, 0.15) is 13.0 Å². The molecule has 0 saturated carbocycles. The van der Waals surface area contributed by atoms with Gasteiger partial charge in [0.15, 0.2) is 6.04 Å². The first-order valence-electron chi connectivity index (χ1n) is 7.11. The minimum atomic E-state index is -1.14. The number of H-pyrrole nitrogens is 1. The van der Waals surface area contributed by atoms with E-state index in [1.54, 1.807) is 6.20 Å². The molecule has 0 amide bonds. The lowest BCUT2D eigenvalue weighted by Gasteiger charge is -2.19. The van der Waals surface area contributed by atoms with Gasteiger partial charge in [0.05, 0.1) is 42.0 Å². The second-order valence-electron chi connectivity index (χ2n) is 5.20. The maximum absolute atomic E-state index is 11.6. The van der Waals surface area contributed by atoms with Crippen LogP contribution in [0.15, 0.2) is 49.2 Å². The fraction of sp³-hybridized carbons (Fsp3) is 0.188. The Hall–Kier alpha value is -2.93. The minimum Gasteiger partial charge on any atom is -0.480 e. The molecule has 0 aliphatic heterocycles. The molecule has 3 aromatic rings. The molecule has 7 heteroatoms. The van der Waals surface area contributed by atoms with Crippen LogP contribution < -0.4 is 0 Å². The number of rotatable bonds is 5. The number of hydrogen-bond acceptors (Lipinski definition) is 4. The highest BCUT2D eigenvalue weighted by atomic mass is 16.4. The Morgan fingerprint density at radius 3 is 2.61 bits per heavy atom. The first kappa shape index (κ1) is 15.0. The molecule has 7 nitrogen and oxygen atoms in total. The molecule has 0 bridgehead atoms. The molecule has 3 rings (SSSR count). The number of aliphatic hydroxyl groups is 1. The van der Waals surface area contributed by atoms with Gasteiger partial charge < -0.3 is 19.8 Å². The number of benzene rings is 1. The lowest BCUT2D eigenvalue weighted by molar-refractivity contribution is -0.144. The zero-order valence-electron chi connectivity index (χ0n) is 12.4. The van der Waals surface area contributed by atoms with E-state index in [9.17, 15) is 15.0 Å². The molecule has 0 unspecified atom stereocenters. The van der Waals surface area contributed by atoms with Gasteiger partial charge in [0.2, 0.25) is 0 Å². The van der Waals surface area contributed by atoms with Crippen LogP contribution in [0.25, 0.3) is 22.6 Å². The molecule has 23 heavy (non-hydrogen) atoms. The first-order chi connectivity index (χ1) is 11.1. The third-order valence-electron chi connectivity index (χ3n) is 3.60. The van der Waals surface area contributed by atoms with E-state index in [0.717, 1.165) is 5.56 Å². The molecular weight excluding hydrogens is 296 g/mol. The number of hydrogen-bond donors (Lipinski definition) is 3. The highest BCUT2D eigenvalue weighted by Crippen LogP contribution is 2.32. The maximum Gasteiger partial charge on any atom is 0.329 e. The molecule has 0 aliphatic rings. The van der Waals surface area contributed by atoms with Crippen molar-refractivity contribution in [3.63, 3.8) is 0 Å². The van der Waals surface area contributed by atoms with E-state index in [-0.39, 0.29) is 0 Å². The Labute approximate surface area is 132 Å². The van der Waals surface area contributed by atoms with E-state index in [0.29, 0.717) is 17.1 Å². The molecule has 0 radical (unpaired) electrons. The van der Waals surface area contributed by atoms with Crippen molar-refractivity contribution in [3.05, 3.63) is 49.2 Å². The molecule has 0 aliphatic carbocycles. The number of carboxylic acids is 1. The van der Waals surface area contributed by atoms with Crippen molar-refractivity contribution in [2.24, 2.45) is 0 Å². The van der Waals surface area contributed by atoms with E-state index in [4.69, 9.17) is 0 Å². The highest BCUT2D eigenvalue weighted by molar-refractivity contribution is 5.80. The summed E-state index contributed by atoms with van der Waals surface area (Å²) in [5.41, 5.74) is 2.68. The minimum absolute atomic E-state index is 0.571. The lowest BCUT2D eigenvalue weighted by atomic mass is 10.1. The summed E-state index contributed by atoms with van der Waals surface area (Å²) in [6, 6.07) is 8.31. The topological polar surface area (TPSA) is 104 Å². The Balaban J connectivity index is 2.22. The smallest absolute Gasteiger partial charge is 0.329 e. The summed E-state index contributed by atoms with van der Waals surface area (Å²) >= 11 is 0. The van der Waals surface area contributed by atoms with Gasteiger partial charge in [-0.3, -0.25) is 0 Å². The van der Waals surface area contributed by atoms with Crippen molar-refractivity contribution in [2.75, 3.05) is 0 Å². The van der Waals surface area contributed by atoms with Gasteiger partial charge in [0.25, 0.3) is 0 Å². The summed E-state index contributed by atoms with van der Waals surface area (Å²) in [7, 11) is 0. The monoisotopic (exact) mass is 312 g/mol. The highest BCUT2D eigenvalue weighted by Gasteiger charge is 2.29. The number of carboxylic acid groups (broad SMARTS) is 1. The number of carbonyl (C=O) groups is 1. The van der Waals surface area contributed by atoms with E-state index in [1.165, 1.54) is 24.1 Å². The Kier molecular flexibility index (Phi) is 3.94. The molecule has 3 N–H and O–H groups in total. The zero-order valence-corrected chi connectivity index (χ0v) is 12.4. The van der Waals surface area contributed by atoms with Gasteiger partial charge in [-0.15, -0.1) is 0 Å². The van der Waals surface area contributed by atoms with Crippen LogP contribution >= 0.6 is 0 Å². The molecule has 1 aromatic carbocycles. The number of aromatic nitrogens is 4. The standard InChI is InChI=1S/C16H16N4O3/c1-10(21)14(16(22)23)20-9-19-13(11-5-3-2-4-6-11)15(20)12-7-17-8-18-12/h2-10,14,21H,1H3,(H,17,18)(H,22,23)/t10-,14+/m0/s1. The molecule has 2 heterocycles. The predicted octanol–water partition coefficient (Wildman–Crippen LogP) is 1.95. The van der Waals surface area contributed by atoms with Crippen LogP contribution in [0.3, 0.4) is 0 Å². The van der Waals surface area contributed by atoms with Crippen LogP contribution in [-0.2, 0) is 4.79 Å². The average molecular weight is 312 g/mol. The van der Waals surface area contributed by atoms with Crippen molar-refractivity contribution < 1.29 is 15.0 Å². The van der Waals surface area contributed by atoms with Gasteiger partial charge in [0, 0.05) is 5.56 Å². The van der Waals surface area contributed by atoms with Crippen LogP contribution in [0.4, 0.5) is 0 Å². The fourth-order valence-electron chi connectivity index (χ4n) is 2.59. The van der Waals surface area contributed by atoms with Crippen molar-refractivity contribution >= 4 is 5.97 Å². The van der Waals surface area contributed by atoms with E-state index in [1.807, 2.05) is 30.3 Å². The Bertz CT molecular complexity index is 794. The number of aliphatic carboxylic acids is 1. The number of aromatic amines is 1. The molecule has 0 fully saturated rings. The summed E-state index contributed by atoms with van der Waals surface area (Å²) in [5, 5.41) is 19.3. The van der Waals surface area contributed by atoms with E-state index >= 15 is 0 Å².